The van der Waals surface area contributed by atoms with Crippen LogP contribution in [0, 0.1) is 27.7 Å². The number of carbonyl (C=O) groups excluding carboxylic acids is 2. The van der Waals surface area contributed by atoms with Crippen molar-refractivity contribution < 1.29 is 19.1 Å². The fraction of sp³-hybridized carbons (Fsp3) is 0.214. The van der Waals surface area contributed by atoms with Crippen LogP contribution in [0.15, 0.2) is 45.2 Å². The van der Waals surface area contributed by atoms with Crippen molar-refractivity contribution in [2.24, 2.45) is 20.5 Å². The molecule has 0 fully saturated rings. The van der Waals surface area contributed by atoms with Crippen LogP contribution >= 0.6 is 22.7 Å². The number of carbonyl (C=O) groups is 2. The molecule has 26 heteroatoms. The monoisotopic (exact) mass is 770 g/mol. The van der Waals surface area contributed by atoms with E-state index < -0.39 is 11.9 Å². The van der Waals surface area contributed by atoms with E-state index in [1.807, 2.05) is 0 Å². The van der Waals surface area contributed by atoms with Crippen molar-refractivity contribution >= 4 is 69.3 Å². The molecule has 0 spiro atoms. The molecule has 0 bridgehead atoms. The van der Waals surface area contributed by atoms with E-state index in [2.05, 4.69) is 71.2 Å². The minimum atomic E-state index is -0.677. The summed E-state index contributed by atoms with van der Waals surface area (Å²) in [7, 11) is 2.48. The molecule has 0 aliphatic heterocycles. The van der Waals surface area contributed by atoms with Crippen LogP contribution in [0.3, 0.4) is 0 Å². The largest absolute Gasteiger partial charge is 0.465 e. The highest BCUT2D eigenvalue weighted by atomic mass is 32.1. The SMILES string of the molecule is COC(=O)c1cnn(-c2nnc(C)s2)c1/N=N/c1c(C)nn(-c2cc(-n3nc(C)c(/N=N/c4c(C(=O)OC)cnn4-c4nnc(C)s4)c3N)ncn2)c1N. The Kier molecular flexibility index (Phi) is 9.17. The standard InChI is InChI=1S/C28H26N20O4S2/c1-11-19(37-39-23-15(25(49)51-5)8-33-47(23)27-41-35-13(3)53-27)21(29)45(43-11)17-7-18(32-10-31-17)46-22(30)20(12(2)44-46)38-40-24-16(26(50)52-6)9-34-48(24)28-42-36-14(4)54-28/h7-10H,29-30H2,1-6H3/b39-37+,40-38+. The van der Waals surface area contributed by atoms with E-state index in [0.717, 1.165) is 0 Å². The van der Waals surface area contributed by atoms with Gasteiger partial charge in [0.2, 0.25) is 10.3 Å². The number of hydrogen-bond acceptors (Lipinski definition) is 22. The van der Waals surface area contributed by atoms with E-state index in [4.69, 9.17) is 20.9 Å². The number of aromatic nitrogens is 14. The van der Waals surface area contributed by atoms with Gasteiger partial charge in [-0.2, -0.15) is 39.1 Å². The molecule has 0 aliphatic carbocycles. The van der Waals surface area contributed by atoms with Crippen LogP contribution in [0.5, 0.6) is 0 Å². The summed E-state index contributed by atoms with van der Waals surface area (Å²) in [5, 5.41) is 53.0. The lowest BCUT2D eigenvalue weighted by molar-refractivity contribution is 0.0592. The third-order valence-electron chi connectivity index (χ3n) is 7.38. The first-order chi connectivity index (χ1) is 26.0. The Morgan fingerprint density at radius 2 is 1.07 bits per heavy atom. The summed E-state index contributed by atoms with van der Waals surface area (Å²) in [6.07, 6.45) is 3.87. The van der Waals surface area contributed by atoms with Crippen LogP contribution < -0.4 is 11.5 Å². The van der Waals surface area contributed by atoms with Gasteiger partial charge in [0.1, 0.15) is 27.5 Å². The van der Waals surface area contributed by atoms with Gasteiger partial charge in [0, 0.05) is 6.07 Å². The molecule has 24 nitrogen and oxygen atoms in total. The lowest BCUT2D eigenvalue weighted by Gasteiger charge is -2.06. The number of hydrogen-bond donors (Lipinski definition) is 2. The first kappa shape index (κ1) is 35.2. The summed E-state index contributed by atoms with van der Waals surface area (Å²) in [5.41, 5.74) is 14.3. The van der Waals surface area contributed by atoms with E-state index in [1.165, 1.54) is 80.4 Å². The van der Waals surface area contributed by atoms with Crippen LogP contribution in [0.2, 0.25) is 0 Å². The minimum absolute atomic E-state index is 0.0469. The van der Waals surface area contributed by atoms with Gasteiger partial charge < -0.3 is 20.9 Å². The number of nitrogen functional groups attached to an aromatic ring is 2. The van der Waals surface area contributed by atoms with Crippen LogP contribution in [0.4, 0.5) is 34.6 Å². The Balaban J connectivity index is 1.21. The quantitative estimate of drug-likeness (QED) is 0.148. The highest BCUT2D eigenvalue weighted by Crippen LogP contribution is 2.35. The number of aryl methyl sites for hydroxylation is 4. The first-order valence-corrected chi connectivity index (χ1v) is 16.9. The fourth-order valence-electron chi connectivity index (χ4n) is 4.84. The van der Waals surface area contributed by atoms with E-state index >= 15 is 0 Å². The molecule has 274 valence electrons. The molecule has 7 aromatic heterocycles. The number of esters is 2. The van der Waals surface area contributed by atoms with Crippen molar-refractivity contribution in [1.29, 1.82) is 0 Å². The van der Waals surface area contributed by atoms with Gasteiger partial charge in [-0.25, -0.2) is 19.6 Å². The van der Waals surface area contributed by atoms with Crippen molar-refractivity contribution in [3.05, 3.63) is 57.3 Å². The molecule has 7 rings (SSSR count). The van der Waals surface area contributed by atoms with E-state index in [9.17, 15) is 9.59 Å². The van der Waals surface area contributed by atoms with Gasteiger partial charge in [0.25, 0.3) is 0 Å². The van der Waals surface area contributed by atoms with Crippen molar-refractivity contribution in [1.82, 2.24) is 69.5 Å². The molecular formula is C28H26N20O4S2. The number of nitrogens with two attached hydrogens (primary N) is 2. The average Bonchev–Trinajstić information content (AvgIpc) is 4.03. The van der Waals surface area contributed by atoms with Crippen molar-refractivity contribution in [3.63, 3.8) is 0 Å². The molecule has 7 heterocycles. The molecule has 0 saturated carbocycles. The summed E-state index contributed by atoms with van der Waals surface area (Å²) in [6, 6.07) is 1.54. The predicted octanol–water partition coefficient (Wildman–Crippen LogP) is 3.72. The third-order valence-corrected chi connectivity index (χ3v) is 9.01. The Labute approximate surface area is 310 Å². The maximum atomic E-state index is 12.5. The van der Waals surface area contributed by atoms with Gasteiger partial charge in [0.05, 0.1) is 38.0 Å². The third kappa shape index (κ3) is 6.29. The second kappa shape index (κ2) is 14.1. The highest BCUT2D eigenvalue weighted by Gasteiger charge is 2.24. The Morgan fingerprint density at radius 1 is 0.648 bits per heavy atom. The molecule has 54 heavy (non-hydrogen) atoms. The van der Waals surface area contributed by atoms with E-state index in [1.54, 1.807) is 27.7 Å². The van der Waals surface area contributed by atoms with E-state index in [-0.39, 0.29) is 57.4 Å². The smallest absolute Gasteiger partial charge is 0.343 e. The first-order valence-electron chi connectivity index (χ1n) is 15.3. The number of rotatable bonds is 10. The Hall–Kier alpha value is -7.22. The van der Waals surface area contributed by atoms with Crippen LogP contribution in [0.25, 0.3) is 21.9 Å². The van der Waals surface area contributed by atoms with Gasteiger partial charge in [0.15, 0.2) is 46.3 Å². The maximum absolute atomic E-state index is 12.5. The van der Waals surface area contributed by atoms with Crippen LogP contribution in [-0.2, 0) is 9.47 Å². The van der Waals surface area contributed by atoms with Gasteiger partial charge in [-0.3, -0.25) is 0 Å². The zero-order valence-corrected chi connectivity index (χ0v) is 30.6. The van der Waals surface area contributed by atoms with Gasteiger partial charge >= 0.3 is 11.9 Å². The van der Waals surface area contributed by atoms with E-state index in [0.29, 0.717) is 31.7 Å². The Morgan fingerprint density at radius 3 is 1.44 bits per heavy atom. The zero-order chi connectivity index (χ0) is 38.3. The molecule has 7 aromatic rings. The molecule has 0 aromatic carbocycles. The van der Waals surface area contributed by atoms with Crippen molar-refractivity contribution in [2.45, 2.75) is 27.7 Å². The molecular weight excluding hydrogens is 745 g/mol. The molecule has 0 unspecified atom stereocenters. The number of azo groups is 2. The maximum Gasteiger partial charge on any atom is 0.343 e. The highest BCUT2D eigenvalue weighted by molar-refractivity contribution is 7.13. The molecule has 0 radical (unpaired) electrons. The Bertz CT molecular complexity index is 2450. The average molecular weight is 771 g/mol. The van der Waals surface area contributed by atoms with Crippen molar-refractivity contribution in [2.75, 3.05) is 25.7 Å². The van der Waals surface area contributed by atoms with Crippen LogP contribution in [-0.4, -0.2) is 95.6 Å². The van der Waals surface area contributed by atoms with Crippen LogP contribution in [0.1, 0.15) is 42.1 Å². The second-order valence-electron chi connectivity index (χ2n) is 10.9. The van der Waals surface area contributed by atoms with Gasteiger partial charge in [-0.05, 0) is 27.7 Å². The van der Waals surface area contributed by atoms with Gasteiger partial charge in [-0.15, -0.1) is 40.9 Å². The number of nitrogens with zero attached hydrogens (tertiary/aromatic N) is 18. The molecule has 4 N–H and O–H groups in total. The summed E-state index contributed by atoms with van der Waals surface area (Å²) < 4.78 is 15.1. The summed E-state index contributed by atoms with van der Waals surface area (Å²) in [5.74, 6) is -0.641. The lowest BCUT2D eigenvalue weighted by atomic mass is 10.3. The molecule has 0 amide bonds. The number of anilines is 2. The fourth-order valence-corrected chi connectivity index (χ4v) is 6.14. The molecule has 0 aliphatic rings. The molecule has 0 atom stereocenters. The summed E-state index contributed by atoms with van der Waals surface area (Å²) in [4.78, 5) is 33.7. The summed E-state index contributed by atoms with van der Waals surface area (Å²) >= 11 is 2.48. The zero-order valence-electron chi connectivity index (χ0n) is 29.0. The van der Waals surface area contributed by atoms with Crippen molar-refractivity contribution in [3.8, 4) is 21.9 Å². The normalized spacial score (nSPS) is 11.7. The lowest BCUT2D eigenvalue weighted by Crippen LogP contribution is -2.09. The summed E-state index contributed by atoms with van der Waals surface area (Å²) in [6.45, 7) is 6.90. The van der Waals surface area contributed by atoms with Gasteiger partial charge in [-0.1, -0.05) is 22.7 Å². The second-order valence-corrected chi connectivity index (χ2v) is 13.2. The number of methoxy groups -OCH3 is 2. The predicted molar refractivity (Wildman–Crippen MR) is 189 cm³/mol. The minimum Gasteiger partial charge on any atom is -0.465 e. The molecule has 0 saturated heterocycles. The number of ether oxygens (including phenoxy) is 2. The topological polar surface area (TPSA) is 303 Å².